The highest BCUT2D eigenvalue weighted by atomic mass is 35.5. The van der Waals surface area contributed by atoms with Gasteiger partial charge in [-0.25, -0.2) is 4.98 Å². The molecule has 1 unspecified atom stereocenters. The minimum absolute atomic E-state index is 0. The molecule has 0 radical (unpaired) electrons. The van der Waals surface area contributed by atoms with Gasteiger partial charge in [0, 0.05) is 18.8 Å². The highest BCUT2D eigenvalue weighted by Crippen LogP contribution is 2.12. The van der Waals surface area contributed by atoms with Crippen molar-refractivity contribution in [2.45, 2.75) is 32.7 Å². The van der Waals surface area contributed by atoms with Gasteiger partial charge in [-0.1, -0.05) is 13.3 Å². The molecule has 0 aliphatic carbocycles. The summed E-state index contributed by atoms with van der Waals surface area (Å²) in [7, 11) is 0. The molecular weight excluding hydrogens is 210 g/mol. The molecule has 0 bridgehead atoms. The van der Waals surface area contributed by atoms with Gasteiger partial charge in [0.15, 0.2) is 0 Å². The molecular formula is C11H20ClN3. The fraction of sp³-hybridized carbons (Fsp3) is 0.545. The number of pyridine rings is 1. The summed E-state index contributed by atoms with van der Waals surface area (Å²) in [5.41, 5.74) is 6.91. The van der Waals surface area contributed by atoms with Crippen molar-refractivity contribution in [2.75, 3.05) is 11.9 Å². The van der Waals surface area contributed by atoms with Crippen LogP contribution in [0.25, 0.3) is 0 Å². The zero-order chi connectivity index (χ0) is 10.4. The largest absolute Gasteiger partial charge is 0.370 e. The van der Waals surface area contributed by atoms with Crippen LogP contribution in [-0.2, 0) is 0 Å². The van der Waals surface area contributed by atoms with E-state index >= 15 is 0 Å². The van der Waals surface area contributed by atoms with Crippen LogP contribution < -0.4 is 11.1 Å². The normalized spacial score (nSPS) is 11.7. The molecule has 0 saturated heterocycles. The van der Waals surface area contributed by atoms with Crippen molar-refractivity contribution in [3.05, 3.63) is 23.9 Å². The first-order valence-electron chi connectivity index (χ1n) is 5.19. The minimum atomic E-state index is 0. The summed E-state index contributed by atoms with van der Waals surface area (Å²) in [6, 6.07) is 4.04. The molecule has 1 aromatic heterocycles. The van der Waals surface area contributed by atoms with E-state index in [9.17, 15) is 0 Å². The van der Waals surface area contributed by atoms with E-state index in [0.717, 1.165) is 17.9 Å². The molecule has 3 N–H and O–H groups in total. The SMILES string of the molecule is CCCCNc1cc(C(C)N)ccn1.Cl. The molecule has 0 aliphatic rings. The third kappa shape index (κ3) is 5.00. The molecule has 3 nitrogen and oxygen atoms in total. The van der Waals surface area contributed by atoms with Gasteiger partial charge in [-0.05, 0) is 31.0 Å². The van der Waals surface area contributed by atoms with E-state index in [0.29, 0.717) is 0 Å². The van der Waals surface area contributed by atoms with Crippen molar-refractivity contribution in [3.63, 3.8) is 0 Å². The van der Waals surface area contributed by atoms with E-state index in [1.807, 2.05) is 19.1 Å². The van der Waals surface area contributed by atoms with Crippen molar-refractivity contribution in [1.29, 1.82) is 0 Å². The molecule has 0 amide bonds. The lowest BCUT2D eigenvalue weighted by atomic mass is 10.1. The van der Waals surface area contributed by atoms with Gasteiger partial charge in [-0.2, -0.15) is 0 Å². The van der Waals surface area contributed by atoms with Gasteiger partial charge in [0.2, 0.25) is 0 Å². The highest BCUT2D eigenvalue weighted by Gasteiger charge is 2.00. The van der Waals surface area contributed by atoms with Crippen LogP contribution in [0.1, 0.15) is 38.3 Å². The summed E-state index contributed by atoms with van der Waals surface area (Å²) in [6.45, 7) is 5.13. The van der Waals surface area contributed by atoms with E-state index < -0.39 is 0 Å². The minimum Gasteiger partial charge on any atom is -0.370 e. The number of hydrogen-bond acceptors (Lipinski definition) is 3. The van der Waals surface area contributed by atoms with Crippen LogP contribution in [0, 0.1) is 0 Å². The number of hydrogen-bond donors (Lipinski definition) is 2. The predicted octanol–water partition coefficient (Wildman–Crippen LogP) is 2.74. The number of nitrogens with one attached hydrogen (secondary N) is 1. The fourth-order valence-electron chi connectivity index (χ4n) is 1.22. The third-order valence-corrected chi connectivity index (χ3v) is 2.15. The smallest absolute Gasteiger partial charge is 0.126 e. The second-order valence-electron chi connectivity index (χ2n) is 3.54. The molecule has 15 heavy (non-hydrogen) atoms. The number of halogens is 1. The van der Waals surface area contributed by atoms with Crippen LogP contribution in [-0.4, -0.2) is 11.5 Å². The Morgan fingerprint density at radius 2 is 2.27 bits per heavy atom. The number of nitrogens with zero attached hydrogens (tertiary/aromatic N) is 1. The maximum Gasteiger partial charge on any atom is 0.126 e. The van der Waals surface area contributed by atoms with Gasteiger partial charge in [0.1, 0.15) is 5.82 Å². The quantitative estimate of drug-likeness (QED) is 0.764. The third-order valence-electron chi connectivity index (χ3n) is 2.15. The first-order chi connectivity index (χ1) is 6.74. The lowest BCUT2D eigenvalue weighted by Crippen LogP contribution is -2.07. The maximum absolute atomic E-state index is 5.78. The van der Waals surface area contributed by atoms with Crippen LogP contribution in [0.5, 0.6) is 0 Å². The molecule has 0 aromatic carbocycles. The number of rotatable bonds is 5. The Kier molecular flexibility index (Phi) is 7.09. The first kappa shape index (κ1) is 14.2. The van der Waals surface area contributed by atoms with Gasteiger partial charge >= 0.3 is 0 Å². The molecule has 1 rings (SSSR count). The number of aromatic nitrogens is 1. The molecule has 0 aliphatic heterocycles. The van der Waals surface area contributed by atoms with E-state index in [1.165, 1.54) is 12.8 Å². The molecule has 0 spiro atoms. The van der Waals surface area contributed by atoms with E-state index in [4.69, 9.17) is 5.73 Å². The maximum atomic E-state index is 5.78. The molecule has 1 atom stereocenters. The van der Waals surface area contributed by atoms with Crippen LogP contribution in [0.2, 0.25) is 0 Å². The van der Waals surface area contributed by atoms with Crippen molar-refractivity contribution in [1.82, 2.24) is 4.98 Å². The Morgan fingerprint density at radius 1 is 1.53 bits per heavy atom. The van der Waals surface area contributed by atoms with Gasteiger partial charge < -0.3 is 11.1 Å². The molecule has 4 heteroatoms. The Bertz CT molecular complexity index is 276. The molecule has 0 saturated carbocycles. The van der Waals surface area contributed by atoms with Crippen LogP contribution in [0.4, 0.5) is 5.82 Å². The standard InChI is InChI=1S/C11H19N3.ClH/c1-3-4-6-13-11-8-10(9(2)12)5-7-14-11;/h5,7-9H,3-4,6,12H2,1-2H3,(H,13,14);1H. The van der Waals surface area contributed by atoms with Gasteiger partial charge in [0.05, 0.1) is 0 Å². The average Bonchev–Trinajstić information content (AvgIpc) is 2.19. The van der Waals surface area contributed by atoms with E-state index in [1.54, 1.807) is 6.20 Å². The van der Waals surface area contributed by atoms with E-state index in [2.05, 4.69) is 17.2 Å². The van der Waals surface area contributed by atoms with Gasteiger partial charge in [-0.15, -0.1) is 12.4 Å². The van der Waals surface area contributed by atoms with Crippen LogP contribution in [0.15, 0.2) is 18.3 Å². The topological polar surface area (TPSA) is 50.9 Å². The van der Waals surface area contributed by atoms with E-state index in [-0.39, 0.29) is 18.4 Å². The second-order valence-corrected chi connectivity index (χ2v) is 3.54. The summed E-state index contributed by atoms with van der Waals surface area (Å²) in [5, 5.41) is 3.27. The average molecular weight is 230 g/mol. The Labute approximate surface area is 97.9 Å². The summed E-state index contributed by atoms with van der Waals surface area (Å²) >= 11 is 0. The van der Waals surface area contributed by atoms with Crippen LogP contribution in [0.3, 0.4) is 0 Å². The Hall–Kier alpha value is -0.800. The summed E-state index contributed by atoms with van der Waals surface area (Å²) < 4.78 is 0. The summed E-state index contributed by atoms with van der Waals surface area (Å²) in [4.78, 5) is 4.23. The fourth-order valence-corrected chi connectivity index (χ4v) is 1.22. The Balaban J connectivity index is 0.00000196. The highest BCUT2D eigenvalue weighted by molar-refractivity contribution is 5.85. The van der Waals surface area contributed by atoms with Crippen LogP contribution >= 0.6 is 12.4 Å². The predicted molar refractivity (Wildman–Crippen MR) is 67.5 cm³/mol. The number of nitrogens with two attached hydrogens (primary N) is 1. The zero-order valence-electron chi connectivity index (χ0n) is 9.36. The number of anilines is 1. The molecule has 1 aromatic rings. The van der Waals surface area contributed by atoms with Gasteiger partial charge in [-0.3, -0.25) is 0 Å². The molecule has 86 valence electrons. The first-order valence-corrected chi connectivity index (χ1v) is 5.19. The summed E-state index contributed by atoms with van der Waals surface area (Å²) in [5.74, 6) is 0.924. The monoisotopic (exact) mass is 229 g/mol. The van der Waals surface area contributed by atoms with Crippen molar-refractivity contribution >= 4 is 18.2 Å². The zero-order valence-corrected chi connectivity index (χ0v) is 10.2. The van der Waals surface area contributed by atoms with Crippen molar-refractivity contribution < 1.29 is 0 Å². The molecule has 1 heterocycles. The lowest BCUT2D eigenvalue weighted by Gasteiger charge is -2.08. The van der Waals surface area contributed by atoms with Gasteiger partial charge in [0.25, 0.3) is 0 Å². The van der Waals surface area contributed by atoms with Crippen molar-refractivity contribution in [3.8, 4) is 0 Å². The Morgan fingerprint density at radius 3 is 2.87 bits per heavy atom. The second kappa shape index (κ2) is 7.49. The molecule has 0 fully saturated rings. The van der Waals surface area contributed by atoms with Crippen molar-refractivity contribution in [2.24, 2.45) is 5.73 Å². The summed E-state index contributed by atoms with van der Waals surface area (Å²) in [6.07, 6.45) is 4.16. The number of unbranched alkanes of at least 4 members (excludes halogenated alkanes) is 1. The lowest BCUT2D eigenvalue weighted by molar-refractivity contribution is 0.810.